The Balaban J connectivity index is 1.48. The fourth-order valence-electron chi connectivity index (χ4n) is 4.38. The van der Waals surface area contributed by atoms with Crippen molar-refractivity contribution in [3.63, 3.8) is 0 Å². The lowest BCUT2D eigenvalue weighted by molar-refractivity contribution is -0.137. The fourth-order valence-corrected chi connectivity index (χ4v) is 4.38. The Labute approximate surface area is 194 Å². The van der Waals surface area contributed by atoms with Crippen molar-refractivity contribution >= 4 is 34.8 Å². The number of hydrogen-bond acceptors (Lipinski definition) is 4. The monoisotopic (exact) mass is 474 g/mol. The van der Waals surface area contributed by atoms with Gasteiger partial charge < -0.3 is 10.6 Å². The molecule has 10 heteroatoms. The molecule has 2 heterocycles. The number of piperidine rings is 1. The van der Waals surface area contributed by atoms with Gasteiger partial charge >= 0.3 is 6.18 Å². The molecule has 34 heavy (non-hydrogen) atoms. The van der Waals surface area contributed by atoms with Crippen LogP contribution in [0.5, 0.6) is 0 Å². The van der Waals surface area contributed by atoms with Crippen molar-refractivity contribution in [3.8, 4) is 0 Å². The SMILES string of the molecule is CC(C(=O)N1CC(=O)Nc2cc(C(F)(F)F)ccc21)N1CCCC(C(=O)Nc2ccccc2)C1. The normalized spacial score (nSPS) is 19.7. The van der Waals surface area contributed by atoms with Crippen LogP contribution in [0.2, 0.25) is 0 Å². The average molecular weight is 474 g/mol. The van der Waals surface area contributed by atoms with E-state index >= 15 is 0 Å². The van der Waals surface area contributed by atoms with Crippen LogP contribution in [0, 0.1) is 5.92 Å². The third kappa shape index (κ3) is 5.06. The molecule has 2 unspecified atom stereocenters. The summed E-state index contributed by atoms with van der Waals surface area (Å²) in [6, 6.07) is 11.4. The molecular weight excluding hydrogens is 449 g/mol. The molecule has 1 fully saturated rings. The Morgan fingerprint density at radius 3 is 2.59 bits per heavy atom. The van der Waals surface area contributed by atoms with Gasteiger partial charge in [0.2, 0.25) is 17.7 Å². The molecule has 180 valence electrons. The van der Waals surface area contributed by atoms with Crippen molar-refractivity contribution < 1.29 is 27.6 Å². The van der Waals surface area contributed by atoms with Crippen LogP contribution in [-0.2, 0) is 20.6 Å². The number of nitrogens with zero attached hydrogens (tertiary/aromatic N) is 2. The topological polar surface area (TPSA) is 81.8 Å². The van der Waals surface area contributed by atoms with E-state index in [4.69, 9.17) is 0 Å². The first-order valence-electron chi connectivity index (χ1n) is 11.1. The number of anilines is 3. The predicted molar refractivity (Wildman–Crippen MR) is 121 cm³/mol. The minimum atomic E-state index is -4.57. The molecule has 1 saturated heterocycles. The molecular formula is C24H25F3N4O3. The Hall–Kier alpha value is -3.40. The highest BCUT2D eigenvalue weighted by atomic mass is 19.4. The Morgan fingerprint density at radius 2 is 1.88 bits per heavy atom. The summed E-state index contributed by atoms with van der Waals surface area (Å²) in [6.45, 7) is 2.37. The van der Waals surface area contributed by atoms with Crippen LogP contribution in [0.15, 0.2) is 48.5 Å². The van der Waals surface area contributed by atoms with Gasteiger partial charge in [-0.15, -0.1) is 0 Å². The number of carbonyl (C=O) groups is 3. The van der Waals surface area contributed by atoms with Gasteiger partial charge in [0.25, 0.3) is 0 Å². The van der Waals surface area contributed by atoms with E-state index in [0.717, 1.165) is 18.6 Å². The second-order valence-corrected chi connectivity index (χ2v) is 8.57. The van der Waals surface area contributed by atoms with Crippen LogP contribution in [0.3, 0.4) is 0 Å². The molecule has 0 saturated carbocycles. The van der Waals surface area contributed by atoms with Gasteiger partial charge in [-0.3, -0.25) is 24.2 Å². The van der Waals surface area contributed by atoms with Gasteiger partial charge in [0.15, 0.2) is 0 Å². The number of hydrogen-bond donors (Lipinski definition) is 2. The maximum Gasteiger partial charge on any atom is 0.416 e. The average Bonchev–Trinajstić information content (AvgIpc) is 2.82. The first kappa shape index (κ1) is 23.7. The number of nitrogens with one attached hydrogen (secondary N) is 2. The largest absolute Gasteiger partial charge is 0.416 e. The number of likely N-dealkylation sites (tertiary alicyclic amines) is 1. The van der Waals surface area contributed by atoms with Gasteiger partial charge in [-0.05, 0) is 56.6 Å². The molecule has 2 aromatic carbocycles. The van der Waals surface area contributed by atoms with Crippen LogP contribution in [0.25, 0.3) is 0 Å². The highest BCUT2D eigenvalue weighted by Crippen LogP contribution is 2.37. The van der Waals surface area contributed by atoms with Crippen molar-refractivity contribution in [2.45, 2.75) is 32.0 Å². The van der Waals surface area contributed by atoms with Gasteiger partial charge in [-0.25, -0.2) is 0 Å². The van der Waals surface area contributed by atoms with Crippen LogP contribution < -0.4 is 15.5 Å². The van der Waals surface area contributed by atoms with E-state index in [1.54, 1.807) is 19.1 Å². The van der Waals surface area contributed by atoms with Crippen LogP contribution in [-0.4, -0.2) is 48.3 Å². The van der Waals surface area contributed by atoms with Crippen LogP contribution >= 0.6 is 0 Å². The summed E-state index contributed by atoms with van der Waals surface area (Å²) in [5.74, 6) is -1.40. The zero-order valence-corrected chi connectivity index (χ0v) is 18.6. The minimum Gasteiger partial charge on any atom is -0.326 e. The maximum absolute atomic E-state index is 13.3. The lowest BCUT2D eigenvalue weighted by Gasteiger charge is -2.38. The van der Waals surface area contributed by atoms with Crippen molar-refractivity contribution in [2.75, 3.05) is 35.2 Å². The van der Waals surface area contributed by atoms with E-state index in [1.165, 1.54) is 11.0 Å². The number of para-hydroxylation sites is 1. The van der Waals surface area contributed by atoms with E-state index in [1.807, 2.05) is 23.1 Å². The minimum absolute atomic E-state index is 0.0506. The summed E-state index contributed by atoms with van der Waals surface area (Å²) in [5.41, 5.74) is -0.0367. The van der Waals surface area contributed by atoms with E-state index in [2.05, 4.69) is 10.6 Å². The number of rotatable bonds is 4. The zero-order chi connectivity index (χ0) is 24.5. The summed E-state index contributed by atoms with van der Waals surface area (Å²) >= 11 is 0. The predicted octanol–water partition coefficient (Wildman–Crippen LogP) is 3.73. The van der Waals surface area contributed by atoms with E-state index in [-0.39, 0.29) is 29.7 Å². The number of fused-ring (bicyclic) bond motifs is 1. The second-order valence-electron chi connectivity index (χ2n) is 8.57. The number of halogens is 3. The van der Waals surface area contributed by atoms with E-state index < -0.39 is 29.6 Å². The fraction of sp³-hybridized carbons (Fsp3) is 0.375. The molecule has 0 radical (unpaired) electrons. The first-order valence-corrected chi connectivity index (χ1v) is 11.1. The summed E-state index contributed by atoms with van der Waals surface area (Å²) in [4.78, 5) is 41.3. The smallest absolute Gasteiger partial charge is 0.326 e. The lowest BCUT2D eigenvalue weighted by Crippen LogP contribution is -2.54. The van der Waals surface area contributed by atoms with Crippen molar-refractivity contribution in [3.05, 3.63) is 54.1 Å². The molecule has 2 aliphatic rings. The molecule has 0 spiro atoms. The highest BCUT2D eigenvalue weighted by molar-refractivity contribution is 6.11. The molecule has 7 nitrogen and oxygen atoms in total. The van der Waals surface area contributed by atoms with Crippen molar-refractivity contribution in [2.24, 2.45) is 5.92 Å². The van der Waals surface area contributed by atoms with Crippen LogP contribution in [0.1, 0.15) is 25.3 Å². The number of alkyl halides is 3. The number of amides is 3. The van der Waals surface area contributed by atoms with Gasteiger partial charge in [0, 0.05) is 12.2 Å². The van der Waals surface area contributed by atoms with E-state index in [0.29, 0.717) is 25.2 Å². The summed E-state index contributed by atoms with van der Waals surface area (Å²) < 4.78 is 39.3. The zero-order valence-electron chi connectivity index (χ0n) is 18.6. The molecule has 2 N–H and O–H groups in total. The van der Waals surface area contributed by atoms with Gasteiger partial charge in [0.05, 0.1) is 28.9 Å². The summed E-state index contributed by atoms with van der Waals surface area (Å²) in [5, 5.41) is 5.32. The second kappa shape index (κ2) is 9.46. The molecule has 4 rings (SSSR count). The van der Waals surface area contributed by atoms with Gasteiger partial charge in [-0.2, -0.15) is 13.2 Å². The number of benzene rings is 2. The van der Waals surface area contributed by atoms with Gasteiger partial charge in [0.1, 0.15) is 6.54 Å². The summed E-state index contributed by atoms with van der Waals surface area (Å²) in [6.07, 6.45) is -3.16. The molecule has 0 bridgehead atoms. The molecule has 2 aromatic rings. The molecule has 2 atom stereocenters. The van der Waals surface area contributed by atoms with Crippen LogP contribution in [0.4, 0.5) is 30.2 Å². The Kier molecular flexibility index (Phi) is 6.60. The first-order chi connectivity index (χ1) is 16.1. The Morgan fingerprint density at radius 1 is 1.15 bits per heavy atom. The standard InChI is InChI=1S/C24H25F3N4O3/c1-15(30-11-5-6-16(13-30)22(33)28-18-7-3-2-4-8-18)23(34)31-14-21(32)29-19-12-17(24(25,26)27)9-10-20(19)31/h2-4,7-10,12,15-16H,5-6,11,13-14H2,1H3,(H,28,33)(H,29,32). The summed E-state index contributed by atoms with van der Waals surface area (Å²) in [7, 11) is 0. The quantitative estimate of drug-likeness (QED) is 0.708. The highest BCUT2D eigenvalue weighted by Gasteiger charge is 2.37. The van der Waals surface area contributed by atoms with Crippen molar-refractivity contribution in [1.82, 2.24) is 4.90 Å². The molecule has 2 aliphatic heterocycles. The third-order valence-corrected chi connectivity index (χ3v) is 6.23. The molecule has 0 aliphatic carbocycles. The third-order valence-electron chi connectivity index (χ3n) is 6.23. The van der Waals surface area contributed by atoms with Crippen molar-refractivity contribution in [1.29, 1.82) is 0 Å². The maximum atomic E-state index is 13.3. The van der Waals surface area contributed by atoms with Gasteiger partial charge in [-0.1, -0.05) is 18.2 Å². The lowest BCUT2D eigenvalue weighted by atomic mass is 9.95. The Bertz CT molecular complexity index is 1090. The number of carbonyl (C=O) groups excluding carboxylic acids is 3. The molecule has 0 aromatic heterocycles. The van der Waals surface area contributed by atoms with E-state index in [9.17, 15) is 27.6 Å². The molecule has 3 amide bonds.